The first-order chi connectivity index (χ1) is 15.0. The van der Waals surface area contributed by atoms with Crippen molar-refractivity contribution < 1.29 is 14.3 Å². The van der Waals surface area contributed by atoms with Crippen LogP contribution >= 0.6 is 0 Å². The number of urea groups is 1. The van der Waals surface area contributed by atoms with Gasteiger partial charge in [0.25, 0.3) is 5.91 Å². The number of likely N-dealkylation sites (tertiary alicyclic amines) is 1. The Kier molecular flexibility index (Phi) is 6.51. The molecule has 3 amide bonds. The van der Waals surface area contributed by atoms with E-state index in [0.29, 0.717) is 37.7 Å². The van der Waals surface area contributed by atoms with Gasteiger partial charge in [-0.2, -0.15) is 0 Å². The van der Waals surface area contributed by atoms with Gasteiger partial charge in [0.15, 0.2) is 0 Å². The molecule has 0 radical (unpaired) electrons. The minimum absolute atomic E-state index is 0.0545. The molecule has 1 unspecified atom stereocenters. The number of benzene rings is 1. The summed E-state index contributed by atoms with van der Waals surface area (Å²) in [7, 11) is 0. The summed E-state index contributed by atoms with van der Waals surface area (Å²) in [5.74, 6) is 0.317. The van der Waals surface area contributed by atoms with Gasteiger partial charge in [-0.1, -0.05) is 18.2 Å². The van der Waals surface area contributed by atoms with Crippen LogP contribution in [0.15, 0.2) is 48.8 Å². The zero-order valence-electron chi connectivity index (χ0n) is 18.0. The lowest BCUT2D eigenvalue weighted by Crippen LogP contribution is -2.52. The number of aromatic nitrogens is 1. The number of carbonyl (C=O) groups excluding carboxylic acids is 2. The largest absolute Gasteiger partial charge is 0.375 e. The smallest absolute Gasteiger partial charge is 0.321 e. The molecule has 1 aromatic heterocycles. The van der Waals surface area contributed by atoms with Crippen molar-refractivity contribution in [3.63, 3.8) is 0 Å². The van der Waals surface area contributed by atoms with E-state index in [-0.39, 0.29) is 17.5 Å². The zero-order valence-corrected chi connectivity index (χ0v) is 18.0. The van der Waals surface area contributed by atoms with E-state index in [0.717, 1.165) is 36.9 Å². The second-order valence-electron chi connectivity index (χ2n) is 8.57. The van der Waals surface area contributed by atoms with Crippen LogP contribution in [-0.2, 0) is 4.74 Å². The number of piperidine rings is 1. The number of hydrogen-bond acceptors (Lipinski definition) is 4. The average molecular weight is 423 g/mol. The molecule has 7 nitrogen and oxygen atoms in total. The molecule has 2 aromatic rings. The van der Waals surface area contributed by atoms with E-state index in [9.17, 15) is 9.59 Å². The number of hydrogen-bond donors (Lipinski definition) is 2. The van der Waals surface area contributed by atoms with Crippen molar-refractivity contribution in [2.75, 3.05) is 31.6 Å². The number of rotatable bonds is 4. The Morgan fingerprint density at radius 3 is 2.65 bits per heavy atom. The van der Waals surface area contributed by atoms with Crippen LogP contribution in [0, 0.1) is 12.8 Å². The fourth-order valence-corrected chi connectivity index (χ4v) is 4.52. The van der Waals surface area contributed by atoms with Crippen molar-refractivity contribution in [1.82, 2.24) is 15.2 Å². The monoisotopic (exact) mass is 422 g/mol. The number of nitrogens with zero attached hydrogens (tertiary/aromatic N) is 2. The van der Waals surface area contributed by atoms with Crippen LogP contribution in [0.25, 0.3) is 0 Å². The Hall–Kier alpha value is -2.93. The molecule has 1 aromatic carbocycles. The zero-order chi connectivity index (χ0) is 21.7. The third-order valence-electron chi connectivity index (χ3n) is 6.44. The van der Waals surface area contributed by atoms with Crippen LogP contribution in [-0.4, -0.2) is 53.7 Å². The van der Waals surface area contributed by atoms with E-state index in [4.69, 9.17) is 4.74 Å². The fourth-order valence-electron chi connectivity index (χ4n) is 4.52. The number of ether oxygens (including phenoxy) is 1. The second-order valence-corrected chi connectivity index (χ2v) is 8.57. The van der Waals surface area contributed by atoms with Gasteiger partial charge >= 0.3 is 6.03 Å². The van der Waals surface area contributed by atoms with Gasteiger partial charge in [-0.05, 0) is 62.3 Å². The maximum absolute atomic E-state index is 12.7. The predicted molar refractivity (Wildman–Crippen MR) is 119 cm³/mol. The molecule has 0 saturated carbocycles. The van der Waals surface area contributed by atoms with E-state index in [2.05, 4.69) is 15.6 Å². The van der Waals surface area contributed by atoms with Gasteiger partial charge in [0.05, 0.1) is 5.60 Å². The van der Waals surface area contributed by atoms with Gasteiger partial charge in [0.2, 0.25) is 0 Å². The summed E-state index contributed by atoms with van der Waals surface area (Å²) in [6.45, 7) is 4.68. The molecule has 4 rings (SSSR count). The quantitative estimate of drug-likeness (QED) is 0.788. The van der Waals surface area contributed by atoms with Gasteiger partial charge < -0.3 is 20.3 Å². The first kappa shape index (κ1) is 21.3. The lowest BCUT2D eigenvalue weighted by Gasteiger charge is -2.46. The first-order valence-corrected chi connectivity index (χ1v) is 11.0. The SMILES string of the molecule is Cc1ccccc1NC(=O)N1CCC2(CC1)CC(CNC(=O)c1ccncc1)CCO2. The highest BCUT2D eigenvalue weighted by atomic mass is 16.5. The van der Waals surface area contributed by atoms with Crippen LogP contribution in [0.5, 0.6) is 0 Å². The van der Waals surface area contributed by atoms with Crippen molar-refractivity contribution in [2.24, 2.45) is 5.92 Å². The third-order valence-corrected chi connectivity index (χ3v) is 6.44. The Bertz CT molecular complexity index is 910. The summed E-state index contributed by atoms with van der Waals surface area (Å²) in [5, 5.41) is 6.08. The molecular weight excluding hydrogens is 392 g/mol. The molecule has 2 fully saturated rings. The van der Waals surface area contributed by atoms with Crippen LogP contribution in [0.4, 0.5) is 10.5 Å². The normalized spacial score (nSPS) is 20.3. The van der Waals surface area contributed by atoms with Gasteiger partial charge in [-0.15, -0.1) is 0 Å². The number of anilines is 1. The molecule has 164 valence electrons. The summed E-state index contributed by atoms with van der Waals surface area (Å²) in [5.41, 5.74) is 2.34. The standard InChI is InChI=1S/C24H30N4O3/c1-18-4-2-3-5-21(18)27-23(30)28-13-9-24(10-14-28)16-19(8-15-31-24)17-26-22(29)20-6-11-25-12-7-20/h2-7,11-12,19H,8-10,13-17H2,1H3,(H,26,29)(H,27,30). The molecule has 2 aliphatic heterocycles. The van der Waals surface area contributed by atoms with Gasteiger partial charge in [-0.3, -0.25) is 9.78 Å². The Labute approximate surface area is 183 Å². The highest BCUT2D eigenvalue weighted by Crippen LogP contribution is 2.37. The minimum Gasteiger partial charge on any atom is -0.375 e. The number of pyridine rings is 1. The Balaban J connectivity index is 1.27. The predicted octanol–water partition coefficient (Wildman–Crippen LogP) is 3.61. The third kappa shape index (κ3) is 5.22. The van der Waals surface area contributed by atoms with E-state index in [1.54, 1.807) is 24.5 Å². The fraction of sp³-hybridized carbons (Fsp3) is 0.458. The van der Waals surface area contributed by atoms with Gasteiger partial charge in [0.1, 0.15) is 0 Å². The highest BCUT2D eigenvalue weighted by molar-refractivity contribution is 5.94. The van der Waals surface area contributed by atoms with Crippen molar-refractivity contribution in [2.45, 2.75) is 38.2 Å². The van der Waals surface area contributed by atoms with Crippen molar-refractivity contribution in [3.05, 3.63) is 59.9 Å². The summed E-state index contributed by atoms with van der Waals surface area (Å²) in [4.78, 5) is 30.8. The van der Waals surface area contributed by atoms with Crippen LogP contribution in [0.3, 0.4) is 0 Å². The molecule has 1 spiro atoms. The van der Waals surface area contributed by atoms with Crippen molar-refractivity contribution >= 4 is 17.6 Å². The molecule has 31 heavy (non-hydrogen) atoms. The van der Waals surface area contributed by atoms with E-state index < -0.39 is 0 Å². The van der Waals surface area contributed by atoms with Crippen LogP contribution < -0.4 is 10.6 Å². The molecule has 2 N–H and O–H groups in total. The van der Waals surface area contributed by atoms with Crippen molar-refractivity contribution in [3.8, 4) is 0 Å². The second kappa shape index (κ2) is 9.47. The highest BCUT2D eigenvalue weighted by Gasteiger charge is 2.41. The molecule has 0 bridgehead atoms. The topological polar surface area (TPSA) is 83.6 Å². The van der Waals surface area contributed by atoms with E-state index in [1.165, 1.54) is 0 Å². The van der Waals surface area contributed by atoms with Gasteiger partial charge in [0, 0.05) is 49.9 Å². The summed E-state index contributed by atoms with van der Waals surface area (Å²) < 4.78 is 6.21. The van der Waals surface area contributed by atoms with E-state index in [1.807, 2.05) is 36.1 Å². The van der Waals surface area contributed by atoms with Crippen LogP contribution in [0.1, 0.15) is 41.6 Å². The molecule has 7 heteroatoms. The number of para-hydroxylation sites is 1. The van der Waals surface area contributed by atoms with Crippen molar-refractivity contribution in [1.29, 1.82) is 0 Å². The molecular formula is C24H30N4O3. The number of nitrogens with one attached hydrogen (secondary N) is 2. The first-order valence-electron chi connectivity index (χ1n) is 11.0. The number of aryl methyl sites for hydroxylation is 1. The molecule has 1 atom stereocenters. The molecule has 0 aliphatic carbocycles. The lowest BCUT2D eigenvalue weighted by atomic mass is 9.79. The summed E-state index contributed by atoms with van der Waals surface area (Å²) in [6, 6.07) is 11.2. The molecule has 2 aliphatic rings. The Morgan fingerprint density at radius 1 is 1.16 bits per heavy atom. The molecule has 2 saturated heterocycles. The molecule has 3 heterocycles. The number of amides is 3. The summed E-state index contributed by atoms with van der Waals surface area (Å²) in [6.07, 6.45) is 6.75. The average Bonchev–Trinajstić information content (AvgIpc) is 2.80. The van der Waals surface area contributed by atoms with Gasteiger partial charge in [-0.25, -0.2) is 4.79 Å². The maximum atomic E-state index is 12.7. The summed E-state index contributed by atoms with van der Waals surface area (Å²) >= 11 is 0. The van der Waals surface area contributed by atoms with E-state index >= 15 is 0 Å². The number of carbonyl (C=O) groups is 2. The Morgan fingerprint density at radius 2 is 1.90 bits per heavy atom. The lowest BCUT2D eigenvalue weighted by molar-refractivity contribution is -0.122. The maximum Gasteiger partial charge on any atom is 0.321 e. The van der Waals surface area contributed by atoms with Crippen LogP contribution in [0.2, 0.25) is 0 Å². The minimum atomic E-state index is -0.191.